The van der Waals surface area contributed by atoms with Gasteiger partial charge in [-0.05, 0) is 30.7 Å². The van der Waals surface area contributed by atoms with Crippen LogP contribution in [0.3, 0.4) is 0 Å². The fraction of sp³-hybridized carbons (Fsp3) is 0.480. The first-order valence-corrected chi connectivity index (χ1v) is 11.8. The van der Waals surface area contributed by atoms with Crippen LogP contribution in [0.2, 0.25) is 0 Å². The summed E-state index contributed by atoms with van der Waals surface area (Å²) in [6.45, 7) is 3.32. The van der Waals surface area contributed by atoms with E-state index in [0.717, 1.165) is 22.4 Å². The SMILES string of the molecule is CCCCCCCCCCCCn1c(-c2cccc(Br)c2)nc2ccccc21. The van der Waals surface area contributed by atoms with Crippen molar-refractivity contribution in [3.63, 3.8) is 0 Å². The number of unbranched alkanes of at least 4 members (excludes halogenated alkanes) is 9. The van der Waals surface area contributed by atoms with E-state index in [-0.39, 0.29) is 0 Å². The molecule has 0 fully saturated rings. The van der Waals surface area contributed by atoms with Crippen molar-refractivity contribution in [1.82, 2.24) is 9.55 Å². The van der Waals surface area contributed by atoms with Crippen LogP contribution in [0.4, 0.5) is 0 Å². The first-order chi connectivity index (χ1) is 13.8. The van der Waals surface area contributed by atoms with Crippen molar-refractivity contribution < 1.29 is 0 Å². The lowest BCUT2D eigenvalue weighted by atomic mass is 10.1. The molecule has 2 nitrogen and oxygen atoms in total. The highest BCUT2D eigenvalue weighted by molar-refractivity contribution is 9.10. The second kappa shape index (κ2) is 11.4. The van der Waals surface area contributed by atoms with E-state index in [1.807, 2.05) is 0 Å². The second-order valence-electron chi connectivity index (χ2n) is 7.77. The molecule has 0 aliphatic heterocycles. The van der Waals surface area contributed by atoms with Crippen LogP contribution in [0.15, 0.2) is 53.0 Å². The van der Waals surface area contributed by atoms with Gasteiger partial charge < -0.3 is 4.57 Å². The highest BCUT2D eigenvalue weighted by Gasteiger charge is 2.12. The highest BCUT2D eigenvalue weighted by Crippen LogP contribution is 2.27. The summed E-state index contributed by atoms with van der Waals surface area (Å²) in [5.41, 5.74) is 3.51. The Morgan fingerprint density at radius 1 is 0.786 bits per heavy atom. The zero-order chi connectivity index (χ0) is 19.6. The molecule has 0 unspecified atom stereocenters. The summed E-state index contributed by atoms with van der Waals surface area (Å²) < 4.78 is 3.50. The third-order valence-corrected chi connectivity index (χ3v) is 5.97. The molecule has 0 spiro atoms. The van der Waals surface area contributed by atoms with Crippen molar-refractivity contribution in [2.24, 2.45) is 0 Å². The molecular formula is C25H33BrN2. The van der Waals surface area contributed by atoms with Crippen LogP contribution in [-0.4, -0.2) is 9.55 Å². The number of nitrogens with zero attached hydrogens (tertiary/aromatic N) is 2. The average Bonchev–Trinajstić information content (AvgIpc) is 3.08. The first-order valence-electron chi connectivity index (χ1n) is 11.0. The van der Waals surface area contributed by atoms with E-state index in [1.54, 1.807) is 0 Å². The van der Waals surface area contributed by atoms with Crippen molar-refractivity contribution >= 4 is 27.0 Å². The molecule has 0 amide bonds. The predicted molar refractivity (Wildman–Crippen MR) is 125 cm³/mol. The van der Waals surface area contributed by atoms with Gasteiger partial charge in [-0.25, -0.2) is 4.98 Å². The summed E-state index contributed by atoms with van der Waals surface area (Å²) >= 11 is 3.60. The summed E-state index contributed by atoms with van der Waals surface area (Å²) in [5, 5.41) is 0. The molecule has 0 aliphatic carbocycles. The van der Waals surface area contributed by atoms with Crippen LogP contribution in [0.25, 0.3) is 22.4 Å². The van der Waals surface area contributed by atoms with Crippen molar-refractivity contribution in [2.75, 3.05) is 0 Å². The van der Waals surface area contributed by atoms with E-state index >= 15 is 0 Å². The number of fused-ring (bicyclic) bond motifs is 1. The Labute approximate surface area is 178 Å². The normalized spacial score (nSPS) is 11.4. The van der Waals surface area contributed by atoms with Gasteiger partial charge >= 0.3 is 0 Å². The molecular weight excluding hydrogens is 408 g/mol. The lowest BCUT2D eigenvalue weighted by molar-refractivity contribution is 0.539. The van der Waals surface area contributed by atoms with E-state index in [9.17, 15) is 0 Å². The van der Waals surface area contributed by atoms with Gasteiger partial charge in [-0.1, -0.05) is 105 Å². The van der Waals surface area contributed by atoms with Crippen molar-refractivity contribution in [3.05, 3.63) is 53.0 Å². The van der Waals surface area contributed by atoms with Gasteiger partial charge in [0.05, 0.1) is 11.0 Å². The van der Waals surface area contributed by atoms with E-state index in [0.29, 0.717) is 0 Å². The topological polar surface area (TPSA) is 17.8 Å². The largest absolute Gasteiger partial charge is 0.324 e. The fourth-order valence-corrected chi connectivity index (χ4v) is 4.31. The lowest BCUT2D eigenvalue weighted by Gasteiger charge is -2.10. The number of hydrogen-bond donors (Lipinski definition) is 0. The van der Waals surface area contributed by atoms with Crippen LogP contribution in [0.1, 0.15) is 71.1 Å². The summed E-state index contributed by atoms with van der Waals surface area (Å²) in [4.78, 5) is 4.93. The first kappa shape index (κ1) is 21.1. The molecule has 3 aromatic rings. The molecule has 0 saturated carbocycles. The number of hydrogen-bond acceptors (Lipinski definition) is 1. The number of aryl methyl sites for hydroxylation is 1. The third kappa shape index (κ3) is 5.94. The van der Waals surface area contributed by atoms with Gasteiger partial charge in [0, 0.05) is 16.6 Å². The number of imidazole rings is 1. The zero-order valence-corrected chi connectivity index (χ0v) is 18.8. The summed E-state index contributed by atoms with van der Waals surface area (Å²) in [5.74, 6) is 1.08. The van der Waals surface area contributed by atoms with Gasteiger partial charge in [-0.2, -0.15) is 0 Å². The molecule has 0 N–H and O–H groups in total. The molecule has 1 aromatic heterocycles. The number of para-hydroxylation sites is 2. The Morgan fingerprint density at radius 2 is 1.46 bits per heavy atom. The summed E-state index contributed by atoms with van der Waals surface area (Å²) in [6, 6.07) is 17.0. The Hall–Kier alpha value is -1.61. The average molecular weight is 441 g/mol. The molecule has 0 atom stereocenters. The minimum atomic E-state index is 1.04. The molecule has 0 bridgehead atoms. The fourth-order valence-electron chi connectivity index (χ4n) is 3.91. The van der Waals surface area contributed by atoms with Gasteiger partial charge in [-0.15, -0.1) is 0 Å². The number of halogens is 1. The third-order valence-electron chi connectivity index (χ3n) is 5.47. The maximum absolute atomic E-state index is 4.93. The molecule has 28 heavy (non-hydrogen) atoms. The van der Waals surface area contributed by atoms with E-state index in [4.69, 9.17) is 4.98 Å². The minimum absolute atomic E-state index is 1.04. The van der Waals surface area contributed by atoms with Gasteiger partial charge in [0.2, 0.25) is 0 Å². The monoisotopic (exact) mass is 440 g/mol. The van der Waals surface area contributed by atoms with Gasteiger partial charge in [0.1, 0.15) is 5.82 Å². The Kier molecular flexibility index (Phi) is 8.60. The standard InChI is InChI=1S/C25H33BrN2/c1-2-3-4-5-6-7-8-9-10-13-19-28-24-18-12-11-17-23(24)27-25(28)21-15-14-16-22(26)20-21/h11-12,14-18,20H,2-10,13,19H2,1H3. The smallest absolute Gasteiger partial charge is 0.141 e. The summed E-state index contributed by atoms with van der Waals surface area (Å²) in [6.07, 6.45) is 13.7. The molecule has 2 aromatic carbocycles. The summed E-state index contributed by atoms with van der Waals surface area (Å²) in [7, 11) is 0. The minimum Gasteiger partial charge on any atom is -0.324 e. The molecule has 0 radical (unpaired) electrons. The quantitative estimate of drug-likeness (QED) is 0.258. The molecule has 3 heteroatoms. The zero-order valence-electron chi connectivity index (χ0n) is 17.2. The molecule has 1 heterocycles. The second-order valence-corrected chi connectivity index (χ2v) is 8.68. The van der Waals surface area contributed by atoms with Crippen LogP contribution in [0, 0.1) is 0 Å². The lowest BCUT2D eigenvalue weighted by Crippen LogP contribution is -2.01. The van der Waals surface area contributed by atoms with E-state index < -0.39 is 0 Å². The van der Waals surface area contributed by atoms with Crippen molar-refractivity contribution in [1.29, 1.82) is 0 Å². The maximum atomic E-state index is 4.93. The van der Waals surface area contributed by atoms with Crippen LogP contribution in [-0.2, 0) is 6.54 Å². The van der Waals surface area contributed by atoms with E-state index in [1.165, 1.54) is 75.3 Å². The number of aromatic nitrogens is 2. The Morgan fingerprint density at radius 3 is 2.18 bits per heavy atom. The van der Waals surface area contributed by atoms with Crippen LogP contribution < -0.4 is 0 Å². The van der Waals surface area contributed by atoms with Crippen molar-refractivity contribution in [2.45, 2.75) is 77.7 Å². The van der Waals surface area contributed by atoms with Gasteiger partial charge in [-0.3, -0.25) is 0 Å². The van der Waals surface area contributed by atoms with Crippen LogP contribution >= 0.6 is 15.9 Å². The van der Waals surface area contributed by atoms with Gasteiger partial charge in [0.15, 0.2) is 0 Å². The van der Waals surface area contributed by atoms with Crippen LogP contribution in [0.5, 0.6) is 0 Å². The molecule has 0 saturated heterocycles. The Balaban J connectivity index is 1.55. The number of rotatable bonds is 12. The molecule has 150 valence electrons. The predicted octanol–water partition coefficient (Wildman–Crippen LogP) is 8.39. The maximum Gasteiger partial charge on any atom is 0.141 e. The van der Waals surface area contributed by atoms with E-state index in [2.05, 4.69) is 76.0 Å². The molecule has 3 rings (SSSR count). The van der Waals surface area contributed by atoms with Crippen molar-refractivity contribution in [3.8, 4) is 11.4 Å². The van der Waals surface area contributed by atoms with Gasteiger partial charge in [0.25, 0.3) is 0 Å². The highest BCUT2D eigenvalue weighted by atomic mass is 79.9. The number of benzene rings is 2. The molecule has 0 aliphatic rings. The Bertz CT molecular complexity index is 853.